The topological polar surface area (TPSA) is 22.0 Å². The minimum absolute atomic E-state index is 0.535. The highest BCUT2D eigenvalue weighted by Gasteiger charge is 2.11. The average molecular weight is 208 g/mol. The molecule has 1 heterocycles. The molecule has 0 saturated carbocycles. The number of hydrogen-bond acceptors (Lipinski definition) is 1. The number of hydrogen-bond donors (Lipinski definition) is 0. The Hall–Kier alpha value is -1.28. The van der Waals surface area contributed by atoms with Gasteiger partial charge in [0.15, 0.2) is 6.29 Å². The van der Waals surface area contributed by atoms with Gasteiger partial charge in [0.05, 0.1) is 10.5 Å². The first-order valence-corrected chi connectivity index (χ1v) is 4.72. The predicted molar refractivity (Wildman–Crippen MR) is 58.1 cm³/mol. The Morgan fingerprint density at radius 3 is 2.79 bits per heavy atom. The average Bonchev–Trinajstić information content (AvgIpc) is 2.39. The number of halogens is 1. The molecule has 0 spiro atoms. The summed E-state index contributed by atoms with van der Waals surface area (Å²) in [6.45, 7) is 2.01. The molecule has 2 rings (SSSR count). The van der Waals surface area contributed by atoms with Crippen LogP contribution in [0.1, 0.15) is 16.1 Å². The zero-order chi connectivity index (χ0) is 10.3. The first-order valence-electron chi connectivity index (χ1n) is 4.35. The van der Waals surface area contributed by atoms with Crippen molar-refractivity contribution in [3.05, 3.63) is 34.5 Å². The first kappa shape index (κ1) is 9.28. The van der Waals surface area contributed by atoms with E-state index in [0.29, 0.717) is 10.7 Å². The highest BCUT2D eigenvalue weighted by atomic mass is 35.5. The van der Waals surface area contributed by atoms with Crippen molar-refractivity contribution in [1.82, 2.24) is 4.57 Å². The van der Waals surface area contributed by atoms with Gasteiger partial charge in [-0.1, -0.05) is 23.7 Å². The Balaban J connectivity index is 2.94. The number of nitrogens with zero attached hydrogens (tertiary/aromatic N) is 1. The van der Waals surface area contributed by atoms with Gasteiger partial charge in [0, 0.05) is 12.4 Å². The number of fused-ring (bicyclic) bond motifs is 1. The quantitative estimate of drug-likeness (QED) is 0.659. The van der Waals surface area contributed by atoms with E-state index in [2.05, 4.69) is 0 Å². The molecule has 1 aromatic carbocycles. The zero-order valence-corrected chi connectivity index (χ0v) is 8.80. The third kappa shape index (κ3) is 1.15. The van der Waals surface area contributed by atoms with Crippen molar-refractivity contribution in [2.45, 2.75) is 6.92 Å². The van der Waals surface area contributed by atoms with Gasteiger partial charge in [-0.2, -0.15) is 0 Å². The van der Waals surface area contributed by atoms with Crippen LogP contribution in [-0.2, 0) is 7.05 Å². The molecule has 3 heteroatoms. The molecule has 0 radical (unpaired) electrons. The zero-order valence-electron chi connectivity index (χ0n) is 8.04. The van der Waals surface area contributed by atoms with Gasteiger partial charge < -0.3 is 4.57 Å². The number of aromatic nitrogens is 1. The van der Waals surface area contributed by atoms with Crippen LogP contribution >= 0.6 is 11.6 Å². The van der Waals surface area contributed by atoms with Crippen molar-refractivity contribution >= 4 is 28.8 Å². The molecule has 0 fully saturated rings. The van der Waals surface area contributed by atoms with E-state index >= 15 is 0 Å². The third-order valence-corrected chi connectivity index (χ3v) is 2.85. The van der Waals surface area contributed by atoms with Crippen molar-refractivity contribution in [3.8, 4) is 0 Å². The molecule has 14 heavy (non-hydrogen) atoms. The van der Waals surface area contributed by atoms with Crippen LogP contribution in [0.3, 0.4) is 0 Å². The van der Waals surface area contributed by atoms with Crippen LogP contribution in [0.15, 0.2) is 18.2 Å². The summed E-state index contributed by atoms with van der Waals surface area (Å²) in [5.41, 5.74) is 2.69. The van der Waals surface area contributed by atoms with Crippen molar-refractivity contribution in [2.24, 2.45) is 7.05 Å². The lowest BCUT2D eigenvalue weighted by molar-refractivity contribution is 0.111. The van der Waals surface area contributed by atoms with E-state index in [1.807, 2.05) is 36.7 Å². The number of rotatable bonds is 1. The highest BCUT2D eigenvalue weighted by molar-refractivity contribution is 6.38. The summed E-state index contributed by atoms with van der Waals surface area (Å²) < 4.78 is 1.82. The van der Waals surface area contributed by atoms with Gasteiger partial charge in [0.2, 0.25) is 0 Å². The summed E-state index contributed by atoms with van der Waals surface area (Å²) in [6, 6.07) is 5.96. The van der Waals surface area contributed by atoms with Crippen LogP contribution in [0, 0.1) is 6.92 Å². The Bertz CT molecular complexity index is 513. The molecular weight excluding hydrogens is 198 g/mol. The number of carbonyl (C=O) groups is 1. The van der Waals surface area contributed by atoms with Crippen LogP contribution in [0.2, 0.25) is 5.02 Å². The van der Waals surface area contributed by atoms with Crippen molar-refractivity contribution in [1.29, 1.82) is 0 Å². The van der Waals surface area contributed by atoms with Gasteiger partial charge in [-0.05, 0) is 18.6 Å². The fourth-order valence-corrected chi connectivity index (χ4v) is 1.98. The second-order valence-corrected chi connectivity index (χ2v) is 3.77. The molecule has 0 aliphatic heterocycles. The molecule has 2 aromatic rings. The monoisotopic (exact) mass is 207 g/mol. The molecule has 1 aromatic heterocycles. The minimum atomic E-state index is 0.535. The standard InChI is InChI=1S/C11H10ClNO/c1-7-3-4-8-9(5-7)13(2)10(6-14)11(8)12/h3-6H,1-2H3. The highest BCUT2D eigenvalue weighted by Crippen LogP contribution is 2.29. The lowest BCUT2D eigenvalue weighted by Gasteiger charge is -1.98. The Morgan fingerprint density at radius 1 is 1.43 bits per heavy atom. The SMILES string of the molecule is Cc1ccc2c(Cl)c(C=O)n(C)c2c1. The molecule has 0 N–H and O–H groups in total. The molecule has 0 aliphatic carbocycles. The summed E-state index contributed by atoms with van der Waals surface area (Å²) in [7, 11) is 1.84. The van der Waals surface area contributed by atoms with Crippen LogP contribution in [-0.4, -0.2) is 10.9 Å². The molecule has 0 atom stereocenters. The van der Waals surface area contributed by atoms with E-state index in [1.165, 1.54) is 0 Å². The van der Waals surface area contributed by atoms with Gasteiger partial charge in [0.25, 0.3) is 0 Å². The summed E-state index contributed by atoms with van der Waals surface area (Å²) >= 11 is 6.06. The smallest absolute Gasteiger partial charge is 0.168 e. The molecule has 0 unspecified atom stereocenters. The molecule has 0 amide bonds. The van der Waals surface area contributed by atoms with E-state index in [1.54, 1.807) is 0 Å². The maximum absolute atomic E-state index is 10.8. The number of aryl methyl sites for hydroxylation is 2. The normalized spacial score (nSPS) is 10.8. The van der Waals surface area contributed by atoms with Gasteiger partial charge >= 0.3 is 0 Å². The van der Waals surface area contributed by atoms with E-state index in [-0.39, 0.29) is 0 Å². The fraction of sp³-hybridized carbons (Fsp3) is 0.182. The Labute approximate surface area is 87.1 Å². The molecule has 0 saturated heterocycles. The van der Waals surface area contributed by atoms with Crippen LogP contribution in [0.5, 0.6) is 0 Å². The van der Waals surface area contributed by atoms with Gasteiger partial charge in [-0.15, -0.1) is 0 Å². The van der Waals surface area contributed by atoms with Crippen LogP contribution in [0.4, 0.5) is 0 Å². The van der Waals surface area contributed by atoms with E-state index in [9.17, 15) is 4.79 Å². The minimum Gasteiger partial charge on any atom is -0.340 e. The molecular formula is C11H10ClNO. The molecule has 2 nitrogen and oxygen atoms in total. The van der Waals surface area contributed by atoms with E-state index in [0.717, 1.165) is 22.8 Å². The number of carbonyl (C=O) groups excluding carboxylic acids is 1. The van der Waals surface area contributed by atoms with E-state index in [4.69, 9.17) is 11.6 Å². The summed E-state index contributed by atoms with van der Waals surface area (Å²) in [5.74, 6) is 0. The van der Waals surface area contributed by atoms with E-state index < -0.39 is 0 Å². The summed E-state index contributed by atoms with van der Waals surface area (Å²) in [4.78, 5) is 10.8. The van der Waals surface area contributed by atoms with Crippen LogP contribution in [0.25, 0.3) is 10.9 Å². The lowest BCUT2D eigenvalue weighted by atomic mass is 10.2. The lowest BCUT2D eigenvalue weighted by Crippen LogP contribution is -1.93. The summed E-state index contributed by atoms with van der Waals surface area (Å²) in [5, 5.41) is 1.47. The maximum Gasteiger partial charge on any atom is 0.168 e. The fourth-order valence-electron chi connectivity index (χ4n) is 1.65. The predicted octanol–water partition coefficient (Wildman–Crippen LogP) is 2.95. The van der Waals surface area contributed by atoms with Crippen LogP contribution < -0.4 is 0 Å². The maximum atomic E-state index is 10.8. The first-order chi connectivity index (χ1) is 6.65. The molecule has 0 bridgehead atoms. The second kappa shape index (κ2) is 3.14. The van der Waals surface area contributed by atoms with Crippen molar-refractivity contribution in [3.63, 3.8) is 0 Å². The Kier molecular flexibility index (Phi) is 2.08. The third-order valence-electron chi connectivity index (χ3n) is 2.45. The second-order valence-electron chi connectivity index (χ2n) is 3.40. The van der Waals surface area contributed by atoms with Crippen molar-refractivity contribution < 1.29 is 4.79 Å². The van der Waals surface area contributed by atoms with Gasteiger partial charge in [0.1, 0.15) is 5.69 Å². The van der Waals surface area contributed by atoms with Gasteiger partial charge in [-0.25, -0.2) is 0 Å². The van der Waals surface area contributed by atoms with Gasteiger partial charge in [-0.3, -0.25) is 4.79 Å². The number of benzene rings is 1. The summed E-state index contributed by atoms with van der Waals surface area (Å²) in [6.07, 6.45) is 0.789. The largest absolute Gasteiger partial charge is 0.340 e. The Morgan fingerprint density at radius 2 is 2.14 bits per heavy atom. The van der Waals surface area contributed by atoms with Crippen molar-refractivity contribution in [2.75, 3.05) is 0 Å². The molecule has 72 valence electrons. The number of aldehydes is 1. The molecule has 0 aliphatic rings.